The zero-order chi connectivity index (χ0) is 15.3. The largest absolute Gasteiger partial charge is 0.480 e. The predicted octanol–water partition coefficient (Wildman–Crippen LogP) is 2.26. The molecule has 2 amide bonds. The van der Waals surface area contributed by atoms with E-state index >= 15 is 0 Å². The molecule has 2 atom stereocenters. The standard InChI is InChI=1S/C14H22N2O3S/c1-5-7-15(8-6-2)14(19)16-11(13(17)18)9-20-12(16)10(3)4/h5-6,10-12H,1-2,7-9H2,3-4H3,(H,17,18). The minimum atomic E-state index is -0.953. The molecule has 0 aromatic carbocycles. The van der Waals surface area contributed by atoms with E-state index in [9.17, 15) is 14.7 Å². The van der Waals surface area contributed by atoms with Gasteiger partial charge in [-0.25, -0.2) is 9.59 Å². The quantitative estimate of drug-likeness (QED) is 0.764. The number of urea groups is 1. The Morgan fingerprint density at radius 2 is 1.95 bits per heavy atom. The number of carbonyl (C=O) groups is 2. The molecule has 0 radical (unpaired) electrons. The SMILES string of the molecule is C=CCN(CC=C)C(=O)N1C(C(=O)O)CSC1C(C)C. The molecule has 0 saturated carbocycles. The molecular weight excluding hydrogens is 276 g/mol. The van der Waals surface area contributed by atoms with Crippen molar-refractivity contribution in [2.24, 2.45) is 5.92 Å². The van der Waals surface area contributed by atoms with Crippen LogP contribution in [0.3, 0.4) is 0 Å². The number of aliphatic carboxylic acids is 1. The summed E-state index contributed by atoms with van der Waals surface area (Å²) in [7, 11) is 0. The summed E-state index contributed by atoms with van der Waals surface area (Å²) in [6.07, 6.45) is 3.26. The van der Waals surface area contributed by atoms with E-state index < -0.39 is 12.0 Å². The summed E-state index contributed by atoms with van der Waals surface area (Å²) < 4.78 is 0. The highest BCUT2D eigenvalue weighted by Crippen LogP contribution is 2.34. The second-order valence-electron chi connectivity index (χ2n) is 4.99. The zero-order valence-electron chi connectivity index (χ0n) is 12.0. The molecule has 1 heterocycles. The molecule has 0 bridgehead atoms. The lowest BCUT2D eigenvalue weighted by atomic mass is 10.1. The lowest BCUT2D eigenvalue weighted by Crippen LogP contribution is -2.52. The Hall–Kier alpha value is -1.43. The Labute approximate surface area is 124 Å². The van der Waals surface area contributed by atoms with Crippen molar-refractivity contribution < 1.29 is 14.7 Å². The molecule has 1 aliphatic rings. The van der Waals surface area contributed by atoms with Crippen LogP contribution in [0.1, 0.15) is 13.8 Å². The van der Waals surface area contributed by atoms with Gasteiger partial charge in [-0.2, -0.15) is 0 Å². The van der Waals surface area contributed by atoms with Gasteiger partial charge in [0.2, 0.25) is 0 Å². The minimum absolute atomic E-state index is 0.110. The van der Waals surface area contributed by atoms with E-state index in [-0.39, 0.29) is 17.3 Å². The Bertz CT molecular complexity index is 388. The van der Waals surface area contributed by atoms with Crippen molar-refractivity contribution in [2.75, 3.05) is 18.8 Å². The number of rotatable bonds is 6. The third kappa shape index (κ3) is 3.56. The van der Waals surface area contributed by atoms with Crippen LogP contribution in [0, 0.1) is 5.92 Å². The molecule has 1 N–H and O–H groups in total. The molecule has 1 rings (SSSR count). The molecule has 1 saturated heterocycles. The highest BCUT2D eigenvalue weighted by atomic mass is 32.2. The second kappa shape index (κ2) is 7.38. The van der Waals surface area contributed by atoms with Crippen molar-refractivity contribution in [1.82, 2.24) is 9.80 Å². The minimum Gasteiger partial charge on any atom is -0.480 e. The van der Waals surface area contributed by atoms with Crippen molar-refractivity contribution in [3.8, 4) is 0 Å². The lowest BCUT2D eigenvalue weighted by Gasteiger charge is -2.34. The van der Waals surface area contributed by atoms with Crippen LogP contribution in [0.4, 0.5) is 4.79 Å². The van der Waals surface area contributed by atoms with Crippen LogP contribution in [-0.4, -0.2) is 57.2 Å². The fourth-order valence-corrected chi connectivity index (χ4v) is 3.64. The van der Waals surface area contributed by atoms with Crippen LogP contribution in [0.5, 0.6) is 0 Å². The number of carboxylic acid groups (broad SMARTS) is 1. The fraction of sp³-hybridized carbons (Fsp3) is 0.571. The molecular formula is C14H22N2O3S. The lowest BCUT2D eigenvalue weighted by molar-refractivity contribution is -0.141. The van der Waals surface area contributed by atoms with Crippen molar-refractivity contribution in [3.05, 3.63) is 25.3 Å². The number of thioether (sulfide) groups is 1. The van der Waals surface area contributed by atoms with Crippen LogP contribution in [0.2, 0.25) is 0 Å². The Morgan fingerprint density at radius 3 is 2.35 bits per heavy atom. The van der Waals surface area contributed by atoms with Gasteiger partial charge in [0.25, 0.3) is 0 Å². The fourth-order valence-electron chi connectivity index (χ4n) is 2.18. The van der Waals surface area contributed by atoms with Crippen LogP contribution in [-0.2, 0) is 4.79 Å². The number of hydrogen-bond donors (Lipinski definition) is 1. The molecule has 112 valence electrons. The van der Waals surface area contributed by atoms with E-state index in [0.717, 1.165) is 0 Å². The van der Waals surface area contributed by atoms with E-state index in [1.165, 1.54) is 16.7 Å². The van der Waals surface area contributed by atoms with E-state index in [2.05, 4.69) is 13.2 Å². The average Bonchev–Trinajstić information content (AvgIpc) is 2.82. The summed E-state index contributed by atoms with van der Waals surface area (Å²) in [5, 5.41) is 9.20. The molecule has 0 spiro atoms. The summed E-state index contributed by atoms with van der Waals surface area (Å²) in [5.41, 5.74) is 0. The normalized spacial score (nSPS) is 21.9. The van der Waals surface area contributed by atoms with Gasteiger partial charge >= 0.3 is 12.0 Å². The Balaban J connectivity index is 3.00. The topological polar surface area (TPSA) is 60.9 Å². The first-order valence-corrected chi connectivity index (χ1v) is 7.62. The van der Waals surface area contributed by atoms with Crippen molar-refractivity contribution >= 4 is 23.8 Å². The highest BCUT2D eigenvalue weighted by Gasteiger charge is 2.44. The van der Waals surface area contributed by atoms with Crippen LogP contribution < -0.4 is 0 Å². The number of carboxylic acids is 1. The second-order valence-corrected chi connectivity index (χ2v) is 6.14. The van der Waals surface area contributed by atoms with Gasteiger partial charge in [0.15, 0.2) is 0 Å². The predicted molar refractivity (Wildman–Crippen MR) is 81.7 cm³/mol. The van der Waals surface area contributed by atoms with E-state index in [4.69, 9.17) is 0 Å². The highest BCUT2D eigenvalue weighted by molar-refractivity contribution is 8.00. The Kier molecular flexibility index (Phi) is 6.13. The van der Waals surface area contributed by atoms with Gasteiger partial charge in [-0.1, -0.05) is 26.0 Å². The van der Waals surface area contributed by atoms with Crippen molar-refractivity contribution in [1.29, 1.82) is 0 Å². The summed E-state index contributed by atoms with van der Waals surface area (Å²) in [5.74, 6) is -0.325. The molecule has 0 aromatic rings. The maximum atomic E-state index is 12.6. The number of nitrogens with zero attached hydrogens (tertiary/aromatic N) is 2. The van der Waals surface area contributed by atoms with Gasteiger partial charge in [0.05, 0.1) is 5.37 Å². The first-order valence-electron chi connectivity index (χ1n) is 6.57. The summed E-state index contributed by atoms with van der Waals surface area (Å²) in [6, 6.07) is -1.03. The Morgan fingerprint density at radius 1 is 1.40 bits per heavy atom. The van der Waals surface area contributed by atoms with Crippen LogP contribution in [0.15, 0.2) is 25.3 Å². The zero-order valence-corrected chi connectivity index (χ0v) is 12.8. The summed E-state index contributed by atoms with van der Waals surface area (Å²) in [6.45, 7) is 12.0. The molecule has 6 heteroatoms. The molecule has 0 aliphatic carbocycles. The first-order chi connectivity index (χ1) is 9.43. The van der Waals surface area contributed by atoms with Crippen LogP contribution >= 0.6 is 11.8 Å². The molecule has 1 aliphatic heterocycles. The number of carbonyl (C=O) groups excluding carboxylic acids is 1. The molecule has 2 unspecified atom stereocenters. The van der Waals surface area contributed by atoms with Gasteiger partial charge in [-0.15, -0.1) is 24.9 Å². The van der Waals surface area contributed by atoms with Crippen molar-refractivity contribution in [3.63, 3.8) is 0 Å². The molecule has 5 nitrogen and oxygen atoms in total. The third-order valence-electron chi connectivity index (χ3n) is 3.08. The van der Waals surface area contributed by atoms with Gasteiger partial charge < -0.3 is 10.0 Å². The van der Waals surface area contributed by atoms with Gasteiger partial charge in [-0.3, -0.25) is 4.90 Å². The third-order valence-corrected chi connectivity index (χ3v) is 4.70. The van der Waals surface area contributed by atoms with E-state index in [1.54, 1.807) is 17.1 Å². The summed E-state index contributed by atoms with van der Waals surface area (Å²) in [4.78, 5) is 27.0. The molecule has 1 fully saturated rings. The molecule has 0 aromatic heterocycles. The number of hydrogen-bond acceptors (Lipinski definition) is 3. The monoisotopic (exact) mass is 298 g/mol. The van der Waals surface area contributed by atoms with E-state index in [1.807, 2.05) is 13.8 Å². The molecule has 20 heavy (non-hydrogen) atoms. The maximum absolute atomic E-state index is 12.6. The van der Waals surface area contributed by atoms with Gasteiger partial charge in [0, 0.05) is 18.8 Å². The average molecular weight is 298 g/mol. The smallest absolute Gasteiger partial charge is 0.327 e. The van der Waals surface area contributed by atoms with Gasteiger partial charge in [-0.05, 0) is 5.92 Å². The van der Waals surface area contributed by atoms with Crippen molar-refractivity contribution in [2.45, 2.75) is 25.3 Å². The van der Waals surface area contributed by atoms with Crippen LogP contribution in [0.25, 0.3) is 0 Å². The summed E-state index contributed by atoms with van der Waals surface area (Å²) >= 11 is 1.52. The van der Waals surface area contributed by atoms with Gasteiger partial charge in [0.1, 0.15) is 6.04 Å². The van der Waals surface area contributed by atoms with E-state index in [0.29, 0.717) is 18.8 Å². The maximum Gasteiger partial charge on any atom is 0.327 e. The first kappa shape index (κ1) is 16.6. The number of amides is 2.